The largest absolute Gasteiger partial charge is 0.441 e. The fraction of sp³-hybridized carbons (Fsp3) is 0.176. The normalized spacial score (nSPS) is 16.7. The molecular formula is C17H14N2O2S. The molecule has 1 aliphatic rings. The van der Waals surface area contributed by atoms with Gasteiger partial charge in [0.2, 0.25) is 5.91 Å². The average Bonchev–Trinajstić information content (AvgIpc) is 3.08. The summed E-state index contributed by atoms with van der Waals surface area (Å²) in [7, 11) is 0. The number of carbonyl (C=O) groups excluding carboxylic acids is 1. The van der Waals surface area contributed by atoms with Gasteiger partial charge in [0, 0.05) is 17.5 Å². The van der Waals surface area contributed by atoms with Gasteiger partial charge in [-0.15, -0.1) is 11.8 Å². The molecule has 0 fully saturated rings. The molecule has 0 spiro atoms. The number of nitrogens with one attached hydrogen (secondary N) is 1. The highest BCUT2D eigenvalue weighted by Crippen LogP contribution is 2.37. The van der Waals surface area contributed by atoms with Gasteiger partial charge in [-0.3, -0.25) is 4.79 Å². The van der Waals surface area contributed by atoms with Crippen molar-refractivity contribution in [3.05, 3.63) is 53.9 Å². The molecule has 2 aromatic carbocycles. The lowest BCUT2D eigenvalue weighted by Crippen LogP contribution is -2.24. The molecule has 2 heterocycles. The summed E-state index contributed by atoms with van der Waals surface area (Å²) in [6, 6.07) is 13.7. The van der Waals surface area contributed by atoms with Crippen LogP contribution in [0.5, 0.6) is 0 Å². The minimum Gasteiger partial charge on any atom is -0.441 e. The number of thioether (sulfide) groups is 1. The molecule has 4 rings (SSSR count). The third-order valence-electron chi connectivity index (χ3n) is 3.70. The summed E-state index contributed by atoms with van der Waals surface area (Å²) in [5.41, 5.74) is 3.49. The van der Waals surface area contributed by atoms with Gasteiger partial charge in [-0.2, -0.15) is 0 Å². The zero-order chi connectivity index (χ0) is 15.1. The molecule has 1 unspecified atom stereocenters. The molecule has 0 saturated carbocycles. The van der Waals surface area contributed by atoms with Crippen molar-refractivity contribution >= 4 is 34.5 Å². The molecule has 1 atom stereocenters. The highest BCUT2D eigenvalue weighted by atomic mass is 32.2. The number of aryl methyl sites for hydroxylation is 1. The summed E-state index contributed by atoms with van der Waals surface area (Å²) in [6.45, 7) is 1.81. The van der Waals surface area contributed by atoms with E-state index in [1.54, 1.807) is 11.8 Å². The van der Waals surface area contributed by atoms with E-state index in [0.717, 1.165) is 23.2 Å². The van der Waals surface area contributed by atoms with E-state index in [1.807, 2.05) is 37.3 Å². The van der Waals surface area contributed by atoms with Crippen molar-refractivity contribution in [3.8, 4) is 0 Å². The fourth-order valence-corrected chi connectivity index (χ4v) is 3.87. The zero-order valence-corrected chi connectivity index (χ0v) is 12.8. The average molecular weight is 310 g/mol. The summed E-state index contributed by atoms with van der Waals surface area (Å²) >= 11 is 1.63. The molecule has 0 radical (unpaired) electrons. The van der Waals surface area contributed by atoms with Crippen molar-refractivity contribution < 1.29 is 9.21 Å². The van der Waals surface area contributed by atoms with Gasteiger partial charge in [0.25, 0.3) is 0 Å². The van der Waals surface area contributed by atoms with E-state index < -0.39 is 0 Å². The molecule has 4 nitrogen and oxygen atoms in total. The number of amides is 1. The van der Waals surface area contributed by atoms with E-state index in [2.05, 4.69) is 22.4 Å². The highest BCUT2D eigenvalue weighted by molar-refractivity contribution is 8.01. The van der Waals surface area contributed by atoms with Gasteiger partial charge in [-0.25, -0.2) is 4.98 Å². The number of aromatic nitrogens is 1. The van der Waals surface area contributed by atoms with Crippen molar-refractivity contribution in [1.82, 2.24) is 4.98 Å². The molecular weight excluding hydrogens is 296 g/mol. The van der Waals surface area contributed by atoms with Crippen LogP contribution in [0.4, 0.5) is 5.69 Å². The molecule has 1 N–H and O–H groups in total. The lowest BCUT2D eigenvalue weighted by Gasteiger charge is -2.09. The van der Waals surface area contributed by atoms with Crippen LogP contribution in [0.1, 0.15) is 11.5 Å². The van der Waals surface area contributed by atoms with E-state index in [1.165, 1.54) is 10.5 Å². The van der Waals surface area contributed by atoms with Crippen molar-refractivity contribution in [3.63, 3.8) is 0 Å². The first-order chi connectivity index (χ1) is 10.7. The number of hydrogen-bond acceptors (Lipinski definition) is 4. The summed E-state index contributed by atoms with van der Waals surface area (Å²) in [6.07, 6.45) is 0.776. The summed E-state index contributed by atoms with van der Waals surface area (Å²) < 4.78 is 5.44. The number of anilines is 1. The van der Waals surface area contributed by atoms with E-state index in [0.29, 0.717) is 5.89 Å². The number of carbonyl (C=O) groups is 1. The van der Waals surface area contributed by atoms with Crippen LogP contribution in [0.25, 0.3) is 11.1 Å². The van der Waals surface area contributed by atoms with Crippen LogP contribution in [0.2, 0.25) is 0 Å². The molecule has 0 saturated heterocycles. The zero-order valence-electron chi connectivity index (χ0n) is 12.0. The second-order valence-corrected chi connectivity index (χ2v) is 6.57. The Hall–Kier alpha value is -2.27. The predicted octanol–water partition coefficient (Wildman–Crippen LogP) is 3.79. The van der Waals surface area contributed by atoms with Crippen LogP contribution in [0, 0.1) is 6.92 Å². The van der Waals surface area contributed by atoms with Crippen LogP contribution in [0.3, 0.4) is 0 Å². The second-order valence-electron chi connectivity index (χ2n) is 5.32. The minimum atomic E-state index is -0.0767. The Balaban J connectivity index is 1.52. The standard InChI is InChI=1S/C17H14N2O2S/c1-10-18-13-9-12(6-7-14(13)21-10)19-17(20)16-8-11-4-2-3-5-15(11)22-16/h2-7,9,16H,8H2,1H3,(H,19,20). The van der Waals surface area contributed by atoms with E-state index in [-0.39, 0.29) is 11.2 Å². The van der Waals surface area contributed by atoms with Crippen LogP contribution in [-0.4, -0.2) is 16.1 Å². The Morgan fingerprint density at radius 3 is 3.05 bits per heavy atom. The first kappa shape index (κ1) is 13.4. The molecule has 3 aromatic rings. The Kier molecular flexibility index (Phi) is 3.15. The molecule has 0 aliphatic carbocycles. The number of oxazole rings is 1. The number of fused-ring (bicyclic) bond motifs is 2. The first-order valence-corrected chi connectivity index (χ1v) is 7.99. The number of nitrogens with zero attached hydrogens (tertiary/aromatic N) is 1. The second kappa shape index (κ2) is 5.18. The Morgan fingerprint density at radius 2 is 2.18 bits per heavy atom. The number of benzene rings is 2. The maximum absolute atomic E-state index is 12.4. The number of hydrogen-bond donors (Lipinski definition) is 1. The fourth-order valence-electron chi connectivity index (χ4n) is 2.67. The number of rotatable bonds is 2. The molecule has 22 heavy (non-hydrogen) atoms. The van der Waals surface area contributed by atoms with Crippen molar-refractivity contribution in [2.24, 2.45) is 0 Å². The van der Waals surface area contributed by atoms with E-state index in [9.17, 15) is 4.79 Å². The van der Waals surface area contributed by atoms with Crippen LogP contribution < -0.4 is 5.32 Å². The van der Waals surface area contributed by atoms with Crippen molar-refractivity contribution in [1.29, 1.82) is 0 Å². The van der Waals surface area contributed by atoms with Crippen molar-refractivity contribution in [2.75, 3.05) is 5.32 Å². The molecule has 110 valence electrons. The molecule has 1 amide bonds. The third-order valence-corrected chi connectivity index (χ3v) is 5.02. The van der Waals surface area contributed by atoms with Crippen LogP contribution in [0.15, 0.2) is 51.8 Å². The summed E-state index contributed by atoms with van der Waals surface area (Å²) in [5, 5.41) is 2.90. The maximum atomic E-state index is 12.4. The molecule has 1 aromatic heterocycles. The highest BCUT2D eigenvalue weighted by Gasteiger charge is 2.28. The van der Waals surface area contributed by atoms with Crippen LogP contribution in [-0.2, 0) is 11.2 Å². The summed E-state index contributed by atoms with van der Waals surface area (Å²) in [4.78, 5) is 17.9. The lowest BCUT2D eigenvalue weighted by molar-refractivity contribution is -0.115. The van der Waals surface area contributed by atoms with Gasteiger partial charge in [-0.1, -0.05) is 18.2 Å². The first-order valence-electron chi connectivity index (χ1n) is 7.12. The van der Waals surface area contributed by atoms with Gasteiger partial charge in [0.1, 0.15) is 5.52 Å². The van der Waals surface area contributed by atoms with E-state index in [4.69, 9.17) is 4.42 Å². The Bertz CT molecular complexity index is 847. The van der Waals surface area contributed by atoms with Crippen molar-refractivity contribution in [2.45, 2.75) is 23.5 Å². The predicted molar refractivity (Wildman–Crippen MR) is 87.2 cm³/mol. The molecule has 0 bridgehead atoms. The minimum absolute atomic E-state index is 0.0285. The topological polar surface area (TPSA) is 55.1 Å². The SMILES string of the molecule is Cc1nc2cc(NC(=O)C3Cc4ccccc4S3)ccc2o1. The smallest absolute Gasteiger partial charge is 0.238 e. The van der Waals surface area contributed by atoms with Gasteiger partial charge in [-0.05, 0) is 36.2 Å². The quantitative estimate of drug-likeness (QED) is 0.782. The van der Waals surface area contributed by atoms with Gasteiger partial charge in [0.15, 0.2) is 11.5 Å². The van der Waals surface area contributed by atoms with Crippen LogP contribution >= 0.6 is 11.8 Å². The lowest BCUT2D eigenvalue weighted by atomic mass is 10.1. The van der Waals surface area contributed by atoms with Gasteiger partial charge < -0.3 is 9.73 Å². The molecule has 5 heteroatoms. The third kappa shape index (κ3) is 2.37. The monoisotopic (exact) mass is 310 g/mol. The van der Waals surface area contributed by atoms with Gasteiger partial charge in [0.05, 0.1) is 5.25 Å². The van der Waals surface area contributed by atoms with Gasteiger partial charge >= 0.3 is 0 Å². The summed E-state index contributed by atoms with van der Waals surface area (Å²) in [5.74, 6) is 0.654. The Labute approximate surface area is 131 Å². The maximum Gasteiger partial charge on any atom is 0.238 e. The Morgan fingerprint density at radius 1 is 1.32 bits per heavy atom. The molecule has 1 aliphatic heterocycles. The van der Waals surface area contributed by atoms with E-state index >= 15 is 0 Å².